The van der Waals surface area contributed by atoms with Gasteiger partial charge in [0.05, 0.1) is 7.11 Å². The van der Waals surface area contributed by atoms with Gasteiger partial charge < -0.3 is 23.8 Å². The molecule has 0 bridgehead atoms. The molecule has 0 aromatic heterocycles. The summed E-state index contributed by atoms with van der Waals surface area (Å²) in [4.78, 5) is 26.3. The van der Waals surface area contributed by atoms with Crippen LogP contribution in [0.4, 0.5) is 21.9 Å². The van der Waals surface area contributed by atoms with Crippen molar-refractivity contribution in [3.05, 3.63) is 209 Å². The van der Waals surface area contributed by atoms with Crippen LogP contribution < -0.4 is 23.8 Å². The maximum atomic E-state index is 12.8. The lowest BCUT2D eigenvalue weighted by Crippen LogP contribution is -2.19. The van der Waals surface area contributed by atoms with Gasteiger partial charge in [0.2, 0.25) is 0 Å². The Morgan fingerprint density at radius 2 is 0.885 bits per heavy atom. The number of hydrogen-bond acceptors (Lipinski definition) is 7. The lowest BCUT2D eigenvalue weighted by molar-refractivity contribution is -0.131. The average Bonchev–Trinajstić information content (AvgIpc) is 3.27. The number of aryl methyl sites for hydroxylation is 1. The van der Waals surface area contributed by atoms with E-state index in [-0.39, 0.29) is 11.4 Å². The van der Waals surface area contributed by atoms with Crippen molar-refractivity contribution in [2.24, 2.45) is 0 Å². The number of ether oxygens (including phenoxy) is 4. The van der Waals surface area contributed by atoms with Crippen LogP contribution in [0.3, 0.4) is 0 Å². The molecule has 7 aromatic rings. The minimum atomic E-state index is -0.831. The molecule has 0 spiro atoms. The summed E-state index contributed by atoms with van der Waals surface area (Å²) in [6, 6.07) is 55.5. The number of carbonyl (C=O) groups excluding carboxylic acids is 2. The van der Waals surface area contributed by atoms with Crippen LogP contribution in [0.1, 0.15) is 59.7 Å². The fourth-order valence-electron chi connectivity index (χ4n) is 6.85. The molecule has 0 aliphatic rings. The zero-order chi connectivity index (χ0) is 42.8. The molecule has 0 unspecified atom stereocenters. The predicted octanol–water partition coefficient (Wildman–Crippen LogP) is 13.6. The molecule has 304 valence electrons. The molecule has 0 amide bonds. The Hall–Kier alpha value is -7.64. The van der Waals surface area contributed by atoms with Gasteiger partial charge in [-0.2, -0.15) is 0 Å². The molecule has 0 fully saturated rings. The topological polar surface area (TPSA) is 74.3 Å². The van der Waals surface area contributed by atoms with Crippen LogP contribution in [-0.4, -0.2) is 19.2 Å². The first-order valence-electron chi connectivity index (χ1n) is 20.0. The summed E-state index contributed by atoms with van der Waals surface area (Å²) >= 11 is 0. The van der Waals surface area contributed by atoms with Gasteiger partial charge in [-0.25, -0.2) is 4.79 Å². The Kier molecular flexibility index (Phi) is 12.9. The third kappa shape index (κ3) is 10.9. The summed E-state index contributed by atoms with van der Waals surface area (Å²) in [5.74, 6) is 1.70. The highest BCUT2D eigenvalue weighted by atomic mass is 16.7. The van der Waals surface area contributed by atoms with Crippen LogP contribution in [0, 0.1) is 6.92 Å². The second-order valence-corrected chi connectivity index (χ2v) is 15.1. The third-order valence-corrected chi connectivity index (χ3v) is 10.3. The van der Waals surface area contributed by atoms with Crippen molar-refractivity contribution in [1.82, 2.24) is 0 Å². The number of benzene rings is 7. The summed E-state index contributed by atoms with van der Waals surface area (Å²) < 4.78 is 21.6. The number of anilines is 3. The molecule has 7 rings (SSSR count). The fraction of sp³-hybridized carbons (Fsp3) is 0.111. The lowest BCUT2D eigenvalue weighted by atomic mass is 9.78. The van der Waals surface area contributed by atoms with Gasteiger partial charge >= 0.3 is 12.1 Å². The van der Waals surface area contributed by atoms with Crippen LogP contribution in [0.25, 0.3) is 24.3 Å². The maximum absolute atomic E-state index is 12.8. The standard InChI is InChI=1S/C54H47NO6/c1-38-12-26-46(27-13-38)55(47-28-18-40(19-29-47)14-16-42-8-6-10-51(36-42)58-5)48-30-20-41(21-31-48)15-17-43-9-7-11-52(37-43)61-53(57)60-50-34-24-45(25-35-50)54(3,4)44-22-32-49(33-23-44)59-39(2)56/h6-37H,1-5H3. The summed E-state index contributed by atoms with van der Waals surface area (Å²) in [5.41, 5.74) is 10.1. The molecule has 0 saturated carbocycles. The van der Waals surface area contributed by atoms with E-state index in [9.17, 15) is 9.59 Å². The van der Waals surface area contributed by atoms with E-state index >= 15 is 0 Å². The predicted molar refractivity (Wildman–Crippen MR) is 246 cm³/mol. The number of methoxy groups -OCH3 is 1. The van der Waals surface area contributed by atoms with Gasteiger partial charge in [0.1, 0.15) is 23.0 Å². The zero-order valence-electron chi connectivity index (χ0n) is 34.9. The second kappa shape index (κ2) is 19.0. The van der Waals surface area contributed by atoms with Gasteiger partial charge in [0.15, 0.2) is 0 Å². The Bertz CT molecular complexity index is 2640. The van der Waals surface area contributed by atoms with E-state index < -0.39 is 6.16 Å². The first-order chi connectivity index (χ1) is 29.5. The van der Waals surface area contributed by atoms with Crippen molar-refractivity contribution < 1.29 is 28.5 Å². The van der Waals surface area contributed by atoms with Crippen molar-refractivity contribution in [1.29, 1.82) is 0 Å². The van der Waals surface area contributed by atoms with Crippen LogP contribution >= 0.6 is 0 Å². The Morgan fingerprint density at radius 3 is 1.36 bits per heavy atom. The molecule has 0 heterocycles. The normalized spacial score (nSPS) is 11.4. The van der Waals surface area contributed by atoms with Crippen molar-refractivity contribution >= 4 is 53.5 Å². The van der Waals surface area contributed by atoms with Crippen molar-refractivity contribution in [3.63, 3.8) is 0 Å². The van der Waals surface area contributed by atoms with Crippen LogP contribution in [0.2, 0.25) is 0 Å². The van der Waals surface area contributed by atoms with Gasteiger partial charge in [-0.05, 0) is 125 Å². The van der Waals surface area contributed by atoms with E-state index in [1.165, 1.54) is 12.5 Å². The number of esters is 1. The number of rotatable bonds is 13. The van der Waals surface area contributed by atoms with Crippen molar-refractivity contribution in [2.75, 3.05) is 12.0 Å². The van der Waals surface area contributed by atoms with E-state index in [2.05, 4.69) is 117 Å². The van der Waals surface area contributed by atoms with Crippen LogP contribution in [0.15, 0.2) is 170 Å². The van der Waals surface area contributed by atoms with Gasteiger partial charge in [-0.1, -0.05) is 129 Å². The number of hydrogen-bond donors (Lipinski definition) is 0. The SMILES string of the molecule is COc1cccc(C=Cc2ccc(N(c3ccc(C)cc3)c3ccc(C=Cc4cccc(OC(=O)Oc5ccc(C(C)(C)c6ccc(OC(C)=O)cc6)cc5)c4)cc3)cc2)c1. The molecular formula is C54H47NO6. The molecule has 7 aromatic carbocycles. The highest BCUT2D eigenvalue weighted by Crippen LogP contribution is 2.36. The lowest BCUT2D eigenvalue weighted by Gasteiger charge is -2.26. The van der Waals surface area contributed by atoms with E-state index in [0.29, 0.717) is 17.2 Å². The zero-order valence-corrected chi connectivity index (χ0v) is 34.9. The smallest absolute Gasteiger partial charge is 0.497 e. The minimum absolute atomic E-state index is 0.351. The van der Waals surface area contributed by atoms with Gasteiger partial charge in [0.25, 0.3) is 0 Å². The number of carbonyl (C=O) groups is 2. The highest BCUT2D eigenvalue weighted by molar-refractivity contribution is 5.80. The first-order valence-corrected chi connectivity index (χ1v) is 20.0. The van der Waals surface area contributed by atoms with Crippen molar-refractivity contribution in [2.45, 2.75) is 33.1 Å². The quantitative estimate of drug-likeness (QED) is 0.0497. The number of nitrogens with zero attached hydrogens (tertiary/aromatic N) is 1. The molecule has 0 N–H and O–H groups in total. The third-order valence-electron chi connectivity index (χ3n) is 10.3. The minimum Gasteiger partial charge on any atom is -0.497 e. The summed E-state index contributed by atoms with van der Waals surface area (Å²) in [5, 5.41) is 0. The Balaban J connectivity index is 0.985. The summed E-state index contributed by atoms with van der Waals surface area (Å²) in [7, 11) is 1.68. The average molecular weight is 806 g/mol. The Morgan fingerprint density at radius 1 is 0.475 bits per heavy atom. The molecule has 0 aliphatic carbocycles. The molecule has 0 radical (unpaired) electrons. The molecule has 0 atom stereocenters. The van der Waals surface area contributed by atoms with Gasteiger partial charge in [-0.15, -0.1) is 0 Å². The molecule has 0 aliphatic heterocycles. The van der Waals surface area contributed by atoms with E-state index in [4.69, 9.17) is 18.9 Å². The molecule has 7 heteroatoms. The van der Waals surface area contributed by atoms with Crippen molar-refractivity contribution in [3.8, 4) is 23.0 Å². The van der Waals surface area contributed by atoms with E-state index in [1.54, 1.807) is 43.5 Å². The van der Waals surface area contributed by atoms with E-state index in [0.717, 1.165) is 56.2 Å². The molecule has 61 heavy (non-hydrogen) atoms. The Labute approximate surface area is 357 Å². The summed E-state index contributed by atoms with van der Waals surface area (Å²) in [6.45, 7) is 7.66. The van der Waals surface area contributed by atoms with Crippen LogP contribution in [-0.2, 0) is 10.2 Å². The fourth-order valence-corrected chi connectivity index (χ4v) is 6.85. The largest absolute Gasteiger partial charge is 0.519 e. The molecule has 0 saturated heterocycles. The van der Waals surface area contributed by atoms with E-state index in [1.807, 2.05) is 66.7 Å². The highest BCUT2D eigenvalue weighted by Gasteiger charge is 2.23. The second-order valence-electron chi connectivity index (χ2n) is 15.1. The van der Waals surface area contributed by atoms with Gasteiger partial charge in [0, 0.05) is 29.4 Å². The summed E-state index contributed by atoms with van der Waals surface area (Å²) in [6.07, 6.45) is 7.36. The first kappa shape index (κ1) is 41.5. The van der Waals surface area contributed by atoms with Crippen LogP contribution in [0.5, 0.6) is 23.0 Å². The molecular weight excluding hydrogens is 759 g/mol. The monoisotopic (exact) mass is 805 g/mol. The van der Waals surface area contributed by atoms with Gasteiger partial charge in [-0.3, -0.25) is 4.79 Å². The molecule has 7 nitrogen and oxygen atoms in total. The maximum Gasteiger partial charge on any atom is 0.519 e.